The second kappa shape index (κ2) is 6.81. The van der Waals surface area contributed by atoms with Crippen molar-refractivity contribution in [3.63, 3.8) is 0 Å². The fraction of sp³-hybridized carbons (Fsp3) is 0.467. The lowest BCUT2D eigenvalue weighted by molar-refractivity contribution is 0.401. The molecule has 1 N–H and O–H groups in total. The highest BCUT2D eigenvalue weighted by Gasteiger charge is 2.26. The van der Waals surface area contributed by atoms with Gasteiger partial charge in [-0.25, -0.2) is 22.6 Å². The van der Waals surface area contributed by atoms with E-state index in [9.17, 15) is 13.2 Å². The summed E-state index contributed by atoms with van der Waals surface area (Å²) in [5.74, 6) is 0.904. The number of nitrogens with one attached hydrogen (secondary N) is 1. The van der Waals surface area contributed by atoms with E-state index in [0.717, 1.165) is 0 Å². The van der Waals surface area contributed by atoms with Crippen molar-refractivity contribution in [2.45, 2.75) is 36.7 Å². The van der Waals surface area contributed by atoms with E-state index in [1.165, 1.54) is 23.9 Å². The zero-order valence-electron chi connectivity index (χ0n) is 13.9. The Morgan fingerprint density at radius 3 is 2.84 bits per heavy atom. The summed E-state index contributed by atoms with van der Waals surface area (Å²) in [5, 5.41) is 4.50. The first kappa shape index (κ1) is 18.0. The quantitative estimate of drug-likeness (QED) is 0.843. The molecule has 3 rings (SSSR count). The van der Waals surface area contributed by atoms with E-state index >= 15 is 0 Å². The van der Waals surface area contributed by atoms with Crippen LogP contribution < -0.4 is 15.1 Å². The number of hydrogen-bond acceptors (Lipinski definition) is 5. The number of aromatic nitrogens is 3. The molecule has 1 aliphatic rings. The standard InChI is InChI=1S/C15H19ClN4O4S/c1-19-15(21)20-8-7-11(4-6-14(20)17-19)18-25(22,23)13-9-10(16)3-5-12(13)24-2/h3,5,9,11,18H,4,6-8H2,1-2H3. The molecule has 0 bridgehead atoms. The van der Waals surface area contributed by atoms with E-state index < -0.39 is 10.0 Å². The highest BCUT2D eigenvalue weighted by Crippen LogP contribution is 2.27. The van der Waals surface area contributed by atoms with E-state index in [1.54, 1.807) is 17.7 Å². The molecular weight excluding hydrogens is 368 g/mol. The molecule has 2 heterocycles. The molecule has 2 aromatic rings. The van der Waals surface area contributed by atoms with Crippen LogP contribution >= 0.6 is 11.6 Å². The Balaban J connectivity index is 1.81. The average Bonchev–Trinajstić information content (AvgIpc) is 2.72. The Kier molecular flexibility index (Phi) is 4.90. The SMILES string of the molecule is COc1ccc(Cl)cc1S(=O)(=O)NC1CCc2nn(C)c(=O)n2CC1. The summed E-state index contributed by atoms with van der Waals surface area (Å²) >= 11 is 5.93. The van der Waals surface area contributed by atoms with Crippen LogP contribution in [0, 0.1) is 0 Å². The van der Waals surface area contributed by atoms with Gasteiger partial charge in [-0.15, -0.1) is 0 Å². The van der Waals surface area contributed by atoms with Crippen molar-refractivity contribution in [1.29, 1.82) is 0 Å². The third-order valence-corrected chi connectivity index (χ3v) is 6.02. The molecule has 0 saturated carbocycles. The summed E-state index contributed by atoms with van der Waals surface area (Å²) in [4.78, 5) is 12.0. The Bertz CT molecular complexity index is 951. The molecule has 136 valence electrons. The molecule has 0 radical (unpaired) electrons. The summed E-state index contributed by atoms with van der Waals surface area (Å²) in [6.07, 6.45) is 1.58. The number of benzene rings is 1. The molecule has 1 aromatic carbocycles. The van der Waals surface area contributed by atoms with Crippen LogP contribution in [0.4, 0.5) is 0 Å². The number of sulfonamides is 1. The van der Waals surface area contributed by atoms with Crippen LogP contribution in [0.1, 0.15) is 18.7 Å². The Hall–Kier alpha value is -1.84. The van der Waals surface area contributed by atoms with Gasteiger partial charge < -0.3 is 4.74 Å². The number of rotatable bonds is 4. The van der Waals surface area contributed by atoms with Gasteiger partial charge in [0.15, 0.2) is 0 Å². The van der Waals surface area contributed by atoms with Gasteiger partial charge in [0.1, 0.15) is 16.5 Å². The molecule has 8 nitrogen and oxygen atoms in total. The van der Waals surface area contributed by atoms with Gasteiger partial charge in [0.2, 0.25) is 10.0 Å². The third kappa shape index (κ3) is 3.58. The molecule has 25 heavy (non-hydrogen) atoms. The number of aryl methyl sites for hydroxylation is 2. The van der Waals surface area contributed by atoms with Crippen molar-refractivity contribution in [1.82, 2.24) is 19.1 Å². The second-order valence-corrected chi connectivity index (χ2v) is 8.03. The maximum atomic E-state index is 12.7. The zero-order chi connectivity index (χ0) is 18.2. The molecule has 0 saturated heterocycles. The van der Waals surface area contributed by atoms with Gasteiger partial charge in [-0.1, -0.05) is 11.6 Å². The minimum Gasteiger partial charge on any atom is -0.495 e. The van der Waals surface area contributed by atoms with Crippen molar-refractivity contribution in [2.24, 2.45) is 7.05 Å². The molecular formula is C15H19ClN4O4S. The first-order valence-electron chi connectivity index (χ1n) is 7.80. The summed E-state index contributed by atoms with van der Waals surface area (Å²) < 4.78 is 36.2. The maximum absolute atomic E-state index is 12.7. The molecule has 0 fully saturated rings. The van der Waals surface area contributed by atoms with Gasteiger partial charge in [-0.3, -0.25) is 4.57 Å². The van der Waals surface area contributed by atoms with Crippen molar-refractivity contribution in [3.8, 4) is 5.75 Å². The van der Waals surface area contributed by atoms with Gasteiger partial charge in [-0.2, -0.15) is 5.10 Å². The molecule has 0 spiro atoms. The lowest BCUT2D eigenvalue weighted by Crippen LogP contribution is -2.36. The van der Waals surface area contributed by atoms with Crippen LogP contribution in [0.2, 0.25) is 5.02 Å². The Morgan fingerprint density at radius 2 is 2.12 bits per heavy atom. The van der Waals surface area contributed by atoms with E-state index in [0.29, 0.717) is 36.7 Å². The lowest BCUT2D eigenvalue weighted by atomic mass is 10.1. The van der Waals surface area contributed by atoms with Gasteiger partial charge in [0, 0.05) is 31.1 Å². The summed E-state index contributed by atoms with van der Waals surface area (Å²) in [6.45, 7) is 0.419. The highest BCUT2D eigenvalue weighted by atomic mass is 35.5. The van der Waals surface area contributed by atoms with Crippen molar-refractivity contribution < 1.29 is 13.2 Å². The molecule has 1 aromatic heterocycles. The third-order valence-electron chi connectivity index (χ3n) is 4.24. The minimum atomic E-state index is -3.80. The van der Waals surface area contributed by atoms with Crippen molar-refractivity contribution in [2.75, 3.05) is 7.11 Å². The maximum Gasteiger partial charge on any atom is 0.345 e. The molecule has 0 aliphatic carbocycles. The number of methoxy groups -OCH3 is 1. The number of hydrogen-bond donors (Lipinski definition) is 1. The fourth-order valence-corrected chi connectivity index (χ4v) is 4.70. The smallest absolute Gasteiger partial charge is 0.345 e. The van der Waals surface area contributed by atoms with Crippen LogP contribution in [0.25, 0.3) is 0 Å². The molecule has 1 unspecified atom stereocenters. The van der Waals surface area contributed by atoms with Crippen LogP contribution in [-0.2, 0) is 30.0 Å². The van der Waals surface area contributed by atoms with E-state index in [2.05, 4.69) is 9.82 Å². The first-order valence-corrected chi connectivity index (χ1v) is 9.66. The summed E-state index contributed by atoms with van der Waals surface area (Å²) in [6, 6.07) is 4.14. The lowest BCUT2D eigenvalue weighted by Gasteiger charge is -2.17. The van der Waals surface area contributed by atoms with Crippen LogP contribution in [0.3, 0.4) is 0 Å². The fourth-order valence-electron chi connectivity index (χ4n) is 2.96. The second-order valence-electron chi connectivity index (χ2n) is 5.91. The highest BCUT2D eigenvalue weighted by molar-refractivity contribution is 7.89. The number of nitrogens with zero attached hydrogens (tertiary/aromatic N) is 3. The normalized spacial score (nSPS) is 17.8. The Labute approximate surface area is 150 Å². The number of halogens is 1. The van der Waals surface area contributed by atoms with E-state index in [1.807, 2.05) is 0 Å². The predicted molar refractivity (Wildman–Crippen MR) is 92.5 cm³/mol. The zero-order valence-corrected chi connectivity index (χ0v) is 15.5. The molecule has 0 amide bonds. The molecule has 10 heteroatoms. The van der Waals surface area contributed by atoms with E-state index in [-0.39, 0.29) is 22.4 Å². The van der Waals surface area contributed by atoms with Gasteiger partial charge in [-0.05, 0) is 31.0 Å². The van der Waals surface area contributed by atoms with Crippen LogP contribution in [-0.4, -0.2) is 35.9 Å². The average molecular weight is 387 g/mol. The largest absolute Gasteiger partial charge is 0.495 e. The predicted octanol–water partition coefficient (Wildman–Crippen LogP) is 0.927. The van der Waals surface area contributed by atoms with Gasteiger partial charge in [0.05, 0.1) is 7.11 Å². The summed E-state index contributed by atoms with van der Waals surface area (Å²) in [5.41, 5.74) is -0.185. The molecule has 1 atom stereocenters. The van der Waals surface area contributed by atoms with Crippen molar-refractivity contribution in [3.05, 3.63) is 39.5 Å². The van der Waals surface area contributed by atoms with Crippen LogP contribution in [0.5, 0.6) is 5.75 Å². The number of fused-ring (bicyclic) bond motifs is 1. The monoisotopic (exact) mass is 386 g/mol. The van der Waals surface area contributed by atoms with E-state index in [4.69, 9.17) is 16.3 Å². The molecule has 1 aliphatic heterocycles. The minimum absolute atomic E-state index is 0.000368. The van der Waals surface area contributed by atoms with Crippen LogP contribution in [0.15, 0.2) is 27.9 Å². The van der Waals surface area contributed by atoms with Gasteiger partial charge >= 0.3 is 5.69 Å². The first-order chi connectivity index (χ1) is 11.8. The topological polar surface area (TPSA) is 95.2 Å². The van der Waals surface area contributed by atoms with Crippen molar-refractivity contribution >= 4 is 21.6 Å². The summed E-state index contributed by atoms with van der Waals surface area (Å²) in [7, 11) is -0.790. The Morgan fingerprint density at radius 1 is 1.36 bits per heavy atom. The van der Waals surface area contributed by atoms with Gasteiger partial charge in [0.25, 0.3) is 0 Å². The number of ether oxygens (including phenoxy) is 1.